The maximum absolute atomic E-state index is 12.8. The van der Waals surface area contributed by atoms with Crippen molar-refractivity contribution in [3.8, 4) is 0 Å². The topological polar surface area (TPSA) is 66.5 Å². The Kier molecular flexibility index (Phi) is 6.69. The minimum atomic E-state index is -4.43. The van der Waals surface area contributed by atoms with Gasteiger partial charge in [0.15, 0.2) is 5.96 Å². The van der Waals surface area contributed by atoms with Gasteiger partial charge < -0.3 is 16.0 Å². The number of hydrogen-bond donors (Lipinski definition) is 2. The molecule has 1 saturated carbocycles. The molecular formula is C13H19F3IN5. The van der Waals surface area contributed by atoms with Crippen molar-refractivity contribution in [2.75, 3.05) is 25.5 Å². The molecule has 3 N–H and O–H groups in total. The van der Waals surface area contributed by atoms with Gasteiger partial charge in [-0.2, -0.15) is 13.2 Å². The van der Waals surface area contributed by atoms with Gasteiger partial charge in [0.25, 0.3) is 0 Å². The largest absolute Gasteiger partial charge is 0.419 e. The first-order chi connectivity index (χ1) is 9.89. The highest BCUT2D eigenvalue weighted by Crippen LogP contribution is 2.33. The van der Waals surface area contributed by atoms with Crippen molar-refractivity contribution in [2.24, 2.45) is 10.7 Å². The van der Waals surface area contributed by atoms with Gasteiger partial charge in [0, 0.05) is 25.8 Å². The number of nitrogens with zero attached hydrogens (tertiary/aromatic N) is 3. The summed E-state index contributed by atoms with van der Waals surface area (Å²) < 4.78 is 38.3. The number of aliphatic imine (C=N–C) groups is 1. The van der Waals surface area contributed by atoms with Crippen LogP contribution in [0.25, 0.3) is 0 Å². The monoisotopic (exact) mass is 429 g/mol. The van der Waals surface area contributed by atoms with E-state index in [0.29, 0.717) is 12.0 Å². The van der Waals surface area contributed by atoms with Crippen molar-refractivity contribution in [1.29, 1.82) is 0 Å². The molecule has 1 fully saturated rings. The van der Waals surface area contributed by atoms with E-state index < -0.39 is 11.7 Å². The van der Waals surface area contributed by atoms with E-state index in [1.807, 2.05) is 11.9 Å². The van der Waals surface area contributed by atoms with Gasteiger partial charge in [-0.1, -0.05) is 0 Å². The third-order valence-corrected chi connectivity index (χ3v) is 3.25. The van der Waals surface area contributed by atoms with Crippen molar-refractivity contribution in [3.63, 3.8) is 0 Å². The smallest absolute Gasteiger partial charge is 0.370 e. The Bertz CT molecular complexity index is 517. The van der Waals surface area contributed by atoms with E-state index in [0.717, 1.165) is 18.9 Å². The van der Waals surface area contributed by atoms with Crippen molar-refractivity contribution in [3.05, 3.63) is 23.9 Å². The second-order valence-corrected chi connectivity index (χ2v) is 4.91. The fraction of sp³-hybridized carbons (Fsp3) is 0.538. The number of nitrogens with two attached hydrogens (primary N) is 1. The minimum Gasteiger partial charge on any atom is -0.370 e. The molecule has 0 saturated heterocycles. The van der Waals surface area contributed by atoms with Gasteiger partial charge in [-0.25, -0.2) is 4.98 Å². The van der Waals surface area contributed by atoms with Crippen LogP contribution in [0.5, 0.6) is 0 Å². The maximum atomic E-state index is 12.8. The van der Waals surface area contributed by atoms with Gasteiger partial charge in [0.2, 0.25) is 0 Å². The summed E-state index contributed by atoms with van der Waals surface area (Å²) in [7, 11) is 1.87. The average molecular weight is 429 g/mol. The predicted octanol–water partition coefficient (Wildman–Crippen LogP) is 2.54. The Hall–Kier alpha value is -1.26. The van der Waals surface area contributed by atoms with Crippen LogP contribution in [0, 0.1) is 0 Å². The molecule has 1 heterocycles. The summed E-state index contributed by atoms with van der Waals surface area (Å²) in [5.41, 5.74) is 5.01. The standard InChI is InChI=1S/C13H18F3N5.HI/c1-21(9-4-5-9)12(17)20-8-7-19-11-10(13(14,15)16)3-2-6-18-11;/h2-3,6,9H,4-5,7-8H2,1H3,(H2,17,20)(H,18,19);1H. The predicted molar refractivity (Wildman–Crippen MR) is 90.4 cm³/mol. The average Bonchev–Trinajstić information content (AvgIpc) is 3.26. The van der Waals surface area contributed by atoms with Crippen LogP contribution in [0.3, 0.4) is 0 Å². The first-order valence-corrected chi connectivity index (χ1v) is 6.68. The number of anilines is 1. The Labute approximate surface area is 144 Å². The van der Waals surface area contributed by atoms with Crippen LogP contribution in [-0.4, -0.2) is 42.0 Å². The lowest BCUT2D eigenvalue weighted by Crippen LogP contribution is -2.36. The molecule has 1 aromatic heterocycles. The molecule has 0 amide bonds. The normalized spacial score (nSPS) is 15.2. The molecule has 1 aliphatic carbocycles. The second-order valence-electron chi connectivity index (χ2n) is 4.91. The van der Waals surface area contributed by atoms with Gasteiger partial charge in [0.05, 0.1) is 12.1 Å². The molecule has 0 atom stereocenters. The van der Waals surface area contributed by atoms with E-state index in [1.54, 1.807) is 0 Å². The molecule has 22 heavy (non-hydrogen) atoms. The van der Waals surface area contributed by atoms with Crippen LogP contribution >= 0.6 is 24.0 Å². The lowest BCUT2D eigenvalue weighted by molar-refractivity contribution is -0.137. The summed E-state index contributed by atoms with van der Waals surface area (Å²) in [4.78, 5) is 9.75. The summed E-state index contributed by atoms with van der Waals surface area (Å²) in [6, 6.07) is 2.71. The fourth-order valence-electron chi connectivity index (χ4n) is 1.88. The first kappa shape index (κ1) is 18.8. The lowest BCUT2D eigenvalue weighted by Gasteiger charge is -2.17. The SMILES string of the molecule is CN(C(N)=NCCNc1ncccc1C(F)(F)F)C1CC1.I. The van der Waals surface area contributed by atoms with E-state index in [2.05, 4.69) is 15.3 Å². The van der Waals surface area contributed by atoms with Crippen LogP contribution < -0.4 is 11.1 Å². The molecule has 0 bridgehead atoms. The number of alkyl halides is 3. The molecule has 124 valence electrons. The number of aromatic nitrogens is 1. The third-order valence-electron chi connectivity index (χ3n) is 3.25. The van der Waals surface area contributed by atoms with Gasteiger partial charge in [-0.3, -0.25) is 4.99 Å². The molecule has 5 nitrogen and oxygen atoms in total. The zero-order valence-electron chi connectivity index (χ0n) is 12.1. The molecule has 2 rings (SSSR count). The van der Waals surface area contributed by atoms with Crippen LogP contribution in [0.15, 0.2) is 23.3 Å². The third kappa shape index (κ3) is 5.18. The summed E-state index contributed by atoms with van der Waals surface area (Å²) in [6.45, 7) is 0.524. The zero-order chi connectivity index (χ0) is 15.5. The van der Waals surface area contributed by atoms with Gasteiger partial charge in [0.1, 0.15) is 5.82 Å². The number of guanidine groups is 1. The van der Waals surface area contributed by atoms with Crippen molar-refractivity contribution in [2.45, 2.75) is 25.1 Å². The molecule has 1 aliphatic rings. The van der Waals surface area contributed by atoms with Gasteiger partial charge in [-0.05, 0) is 25.0 Å². The van der Waals surface area contributed by atoms with E-state index in [9.17, 15) is 13.2 Å². The van der Waals surface area contributed by atoms with Crippen molar-refractivity contribution < 1.29 is 13.2 Å². The molecular weight excluding hydrogens is 410 g/mol. The molecule has 0 radical (unpaired) electrons. The van der Waals surface area contributed by atoms with E-state index in [-0.39, 0.29) is 42.9 Å². The fourth-order valence-corrected chi connectivity index (χ4v) is 1.88. The Morgan fingerprint density at radius 3 is 2.77 bits per heavy atom. The second kappa shape index (κ2) is 7.84. The van der Waals surface area contributed by atoms with Gasteiger partial charge in [-0.15, -0.1) is 24.0 Å². The lowest BCUT2D eigenvalue weighted by atomic mass is 10.2. The van der Waals surface area contributed by atoms with E-state index in [1.165, 1.54) is 12.3 Å². The number of pyridine rings is 1. The zero-order valence-corrected chi connectivity index (χ0v) is 14.4. The Morgan fingerprint density at radius 1 is 1.50 bits per heavy atom. The highest BCUT2D eigenvalue weighted by Gasteiger charge is 2.33. The van der Waals surface area contributed by atoms with Crippen LogP contribution in [0.2, 0.25) is 0 Å². The Morgan fingerprint density at radius 2 is 2.18 bits per heavy atom. The highest BCUT2D eigenvalue weighted by molar-refractivity contribution is 14.0. The minimum absolute atomic E-state index is 0. The first-order valence-electron chi connectivity index (χ1n) is 6.68. The molecule has 0 unspecified atom stereocenters. The number of rotatable bonds is 5. The van der Waals surface area contributed by atoms with E-state index >= 15 is 0 Å². The molecule has 0 aromatic carbocycles. The van der Waals surface area contributed by atoms with E-state index in [4.69, 9.17) is 5.73 Å². The van der Waals surface area contributed by atoms with Crippen molar-refractivity contribution in [1.82, 2.24) is 9.88 Å². The molecule has 0 spiro atoms. The molecule has 1 aromatic rings. The summed E-state index contributed by atoms with van der Waals surface area (Å²) in [5.74, 6) is 0.227. The van der Waals surface area contributed by atoms with Crippen LogP contribution in [0.4, 0.5) is 19.0 Å². The molecule has 0 aliphatic heterocycles. The summed E-state index contributed by atoms with van der Waals surface area (Å²) >= 11 is 0. The highest BCUT2D eigenvalue weighted by atomic mass is 127. The number of hydrogen-bond acceptors (Lipinski definition) is 3. The summed E-state index contributed by atoms with van der Waals surface area (Å²) in [6.07, 6.45) is -0.900. The Balaban J connectivity index is 0.00000242. The van der Waals surface area contributed by atoms with Gasteiger partial charge >= 0.3 is 6.18 Å². The van der Waals surface area contributed by atoms with Crippen molar-refractivity contribution >= 4 is 35.8 Å². The number of nitrogens with one attached hydrogen (secondary N) is 1. The summed E-state index contributed by atoms with van der Waals surface area (Å²) in [5, 5.41) is 2.65. The number of halogens is 4. The van der Waals surface area contributed by atoms with Crippen LogP contribution in [0.1, 0.15) is 18.4 Å². The van der Waals surface area contributed by atoms with Crippen LogP contribution in [-0.2, 0) is 6.18 Å². The maximum Gasteiger partial charge on any atom is 0.419 e. The molecule has 9 heteroatoms. The quantitative estimate of drug-likeness (QED) is 0.327.